The van der Waals surface area contributed by atoms with Gasteiger partial charge in [-0.1, -0.05) is 6.07 Å². The van der Waals surface area contributed by atoms with Crippen molar-refractivity contribution in [2.45, 2.75) is 63.2 Å². The van der Waals surface area contributed by atoms with Crippen LogP contribution in [-0.4, -0.2) is 112 Å². The average Bonchev–Trinajstić information content (AvgIpc) is 3.68. The van der Waals surface area contributed by atoms with Crippen LogP contribution in [0.25, 0.3) is 0 Å². The molecular formula is C26H34F9N3O7. The van der Waals surface area contributed by atoms with Crippen molar-refractivity contribution in [1.82, 2.24) is 14.8 Å². The van der Waals surface area contributed by atoms with Crippen LogP contribution in [0.4, 0.5) is 39.5 Å². The van der Waals surface area contributed by atoms with Crippen molar-refractivity contribution in [1.29, 1.82) is 0 Å². The summed E-state index contributed by atoms with van der Waals surface area (Å²) in [5, 5.41) is 21.4. The topological polar surface area (TPSA) is 140 Å². The fourth-order valence-corrected chi connectivity index (χ4v) is 4.76. The molecule has 0 amide bonds. The number of aliphatic carboxylic acids is 3. The highest BCUT2D eigenvalue weighted by molar-refractivity contribution is 5.73. The maximum atomic E-state index is 10.6. The largest absolute Gasteiger partial charge is 0.490 e. The number of ether oxygens (including phenoxy) is 1. The van der Waals surface area contributed by atoms with E-state index in [1.165, 1.54) is 63.8 Å². The van der Waals surface area contributed by atoms with Crippen LogP contribution >= 0.6 is 0 Å². The minimum Gasteiger partial charge on any atom is -0.475 e. The van der Waals surface area contributed by atoms with E-state index in [0.29, 0.717) is 11.5 Å². The van der Waals surface area contributed by atoms with Gasteiger partial charge in [-0.05, 0) is 68.2 Å². The van der Waals surface area contributed by atoms with E-state index < -0.39 is 36.4 Å². The number of halogens is 9. The normalized spacial score (nSPS) is 20.1. The zero-order valence-corrected chi connectivity index (χ0v) is 24.0. The number of alkyl halides is 9. The molecule has 1 spiro atoms. The third-order valence-electron chi connectivity index (χ3n) is 7.05. The van der Waals surface area contributed by atoms with Crippen molar-refractivity contribution in [2.24, 2.45) is 11.3 Å². The third kappa shape index (κ3) is 15.6. The van der Waals surface area contributed by atoms with Gasteiger partial charge in [-0.3, -0.25) is 9.88 Å². The van der Waals surface area contributed by atoms with Crippen LogP contribution in [0.3, 0.4) is 0 Å². The first-order valence-electron chi connectivity index (χ1n) is 13.3. The van der Waals surface area contributed by atoms with E-state index in [9.17, 15) is 39.5 Å². The summed E-state index contributed by atoms with van der Waals surface area (Å²) < 4.78 is 101. The van der Waals surface area contributed by atoms with E-state index in [0.717, 1.165) is 19.1 Å². The van der Waals surface area contributed by atoms with Crippen molar-refractivity contribution < 1.29 is 74.0 Å². The predicted octanol–water partition coefficient (Wildman–Crippen LogP) is 4.69. The van der Waals surface area contributed by atoms with Gasteiger partial charge in [0.1, 0.15) is 0 Å². The summed E-state index contributed by atoms with van der Waals surface area (Å²) in [6.45, 7) is 7.06. The Morgan fingerprint density at radius 2 is 1.38 bits per heavy atom. The quantitative estimate of drug-likeness (QED) is 0.365. The van der Waals surface area contributed by atoms with Gasteiger partial charge in [0, 0.05) is 45.2 Å². The van der Waals surface area contributed by atoms with Gasteiger partial charge in [-0.2, -0.15) is 39.5 Å². The molecule has 3 aliphatic rings. The molecule has 10 nitrogen and oxygen atoms in total. The second-order valence-corrected chi connectivity index (χ2v) is 10.7. The molecule has 19 heteroatoms. The molecule has 3 heterocycles. The van der Waals surface area contributed by atoms with E-state index in [4.69, 9.17) is 34.4 Å². The van der Waals surface area contributed by atoms with Gasteiger partial charge in [0.25, 0.3) is 0 Å². The van der Waals surface area contributed by atoms with Gasteiger partial charge >= 0.3 is 36.4 Å². The lowest BCUT2D eigenvalue weighted by Crippen LogP contribution is -2.42. The minimum absolute atomic E-state index is 0.519. The lowest BCUT2D eigenvalue weighted by Gasteiger charge is -2.39. The molecule has 1 unspecified atom stereocenters. The maximum Gasteiger partial charge on any atom is 0.490 e. The predicted molar refractivity (Wildman–Crippen MR) is 137 cm³/mol. The summed E-state index contributed by atoms with van der Waals surface area (Å²) in [5.74, 6) is -7.25. The molecule has 2 aliphatic heterocycles. The molecule has 4 rings (SSSR count). The van der Waals surface area contributed by atoms with Gasteiger partial charge in [0.15, 0.2) is 0 Å². The minimum atomic E-state index is -5.08. The number of methoxy groups -OCH3 is 1. The highest BCUT2D eigenvalue weighted by Crippen LogP contribution is 2.44. The van der Waals surface area contributed by atoms with Crippen LogP contribution in [0, 0.1) is 11.3 Å². The zero-order valence-electron chi connectivity index (χ0n) is 24.0. The lowest BCUT2D eigenvalue weighted by atomic mass is 9.76. The van der Waals surface area contributed by atoms with E-state index in [1.807, 2.05) is 25.6 Å². The summed E-state index contributed by atoms with van der Waals surface area (Å²) >= 11 is 0. The summed E-state index contributed by atoms with van der Waals surface area (Å²) in [4.78, 5) is 36.3. The Morgan fingerprint density at radius 1 is 0.911 bits per heavy atom. The number of carbonyl (C=O) groups is 3. The Hall–Kier alpha value is -3.19. The van der Waals surface area contributed by atoms with Gasteiger partial charge in [-0.25, -0.2) is 14.4 Å². The Bertz CT molecular complexity index is 1020. The smallest absolute Gasteiger partial charge is 0.475 e. The number of likely N-dealkylation sites (tertiary alicyclic amines) is 2. The highest BCUT2D eigenvalue weighted by Gasteiger charge is 2.46. The number of rotatable bonds is 6. The Labute approximate surface area is 251 Å². The van der Waals surface area contributed by atoms with Crippen molar-refractivity contribution in [3.63, 3.8) is 0 Å². The molecule has 45 heavy (non-hydrogen) atoms. The van der Waals surface area contributed by atoms with Crippen molar-refractivity contribution in [2.75, 3.05) is 39.9 Å². The van der Waals surface area contributed by atoms with Crippen LogP contribution in [0.1, 0.15) is 37.7 Å². The van der Waals surface area contributed by atoms with Crippen molar-refractivity contribution in [3.8, 4) is 0 Å². The van der Waals surface area contributed by atoms with E-state index in [-0.39, 0.29) is 0 Å². The number of carboxylic acid groups (broad SMARTS) is 3. The molecule has 3 fully saturated rings. The average molecular weight is 672 g/mol. The SMILES string of the molecule is COCC1CC2(CCN(CC3CC3)CC2)CN1Cc1cccnc1.O=C(O)C(F)(F)F.O=C(O)C(F)(F)F.O=C(O)C(F)(F)F. The van der Waals surface area contributed by atoms with Crippen molar-refractivity contribution in [3.05, 3.63) is 30.1 Å². The number of nitrogens with zero attached hydrogens (tertiary/aromatic N) is 3. The van der Waals surface area contributed by atoms with Gasteiger partial charge < -0.3 is 25.0 Å². The van der Waals surface area contributed by atoms with Gasteiger partial charge in [0.05, 0.1) is 6.61 Å². The highest BCUT2D eigenvalue weighted by atomic mass is 19.4. The number of carboxylic acids is 3. The third-order valence-corrected chi connectivity index (χ3v) is 7.05. The van der Waals surface area contributed by atoms with Crippen LogP contribution < -0.4 is 0 Å². The van der Waals surface area contributed by atoms with E-state index in [2.05, 4.69) is 20.9 Å². The zero-order chi connectivity index (χ0) is 34.6. The summed E-state index contributed by atoms with van der Waals surface area (Å²) in [6.07, 6.45) is -4.41. The number of pyridine rings is 1. The first-order chi connectivity index (χ1) is 20.6. The summed E-state index contributed by atoms with van der Waals surface area (Å²) in [6, 6.07) is 4.80. The molecule has 3 N–H and O–H groups in total. The molecule has 1 aromatic rings. The van der Waals surface area contributed by atoms with E-state index in [1.54, 1.807) is 0 Å². The number of hydrogen-bond acceptors (Lipinski definition) is 7. The summed E-state index contributed by atoms with van der Waals surface area (Å²) in [5.41, 5.74) is 1.84. The fraction of sp³-hybridized carbons (Fsp3) is 0.692. The molecule has 258 valence electrons. The Kier molecular flexibility index (Phi) is 15.0. The number of piperidine rings is 1. The monoisotopic (exact) mass is 671 g/mol. The summed E-state index contributed by atoms with van der Waals surface area (Å²) in [7, 11) is 1.84. The standard InChI is InChI=1S/C20H31N3O.3C2HF3O2/c1-24-15-19-11-20(6-9-22(10-7-20)13-17-4-5-17)16-23(19)14-18-3-2-8-21-12-18;3*3-2(4,5)1(6)7/h2-3,8,12,17,19H,4-7,9-11,13-16H2,1H3;3*(H,6,7). The fourth-order valence-electron chi connectivity index (χ4n) is 4.76. The molecule has 1 aliphatic carbocycles. The van der Waals surface area contributed by atoms with Crippen LogP contribution in [0.2, 0.25) is 0 Å². The number of aromatic nitrogens is 1. The molecule has 1 aromatic heterocycles. The second-order valence-electron chi connectivity index (χ2n) is 10.7. The Morgan fingerprint density at radius 3 is 1.73 bits per heavy atom. The van der Waals surface area contributed by atoms with Crippen LogP contribution in [-0.2, 0) is 25.7 Å². The first-order valence-corrected chi connectivity index (χ1v) is 13.3. The van der Waals surface area contributed by atoms with Gasteiger partial charge in [0.2, 0.25) is 0 Å². The Balaban J connectivity index is 0.000000396. The lowest BCUT2D eigenvalue weighted by molar-refractivity contribution is -0.193. The van der Waals surface area contributed by atoms with Gasteiger partial charge in [-0.15, -0.1) is 0 Å². The molecule has 1 atom stereocenters. The maximum absolute atomic E-state index is 10.6. The molecule has 1 saturated carbocycles. The first kappa shape index (κ1) is 39.8. The molecule has 0 radical (unpaired) electrons. The molecule has 2 saturated heterocycles. The van der Waals surface area contributed by atoms with Crippen LogP contribution in [0.5, 0.6) is 0 Å². The second kappa shape index (κ2) is 16.9. The molecule has 0 aromatic carbocycles. The van der Waals surface area contributed by atoms with Crippen LogP contribution in [0.15, 0.2) is 24.5 Å². The number of hydrogen-bond donors (Lipinski definition) is 3. The molecular weight excluding hydrogens is 637 g/mol. The van der Waals surface area contributed by atoms with E-state index >= 15 is 0 Å². The van der Waals surface area contributed by atoms with Crippen molar-refractivity contribution >= 4 is 17.9 Å². The molecule has 0 bridgehead atoms.